The summed E-state index contributed by atoms with van der Waals surface area (Å²) >= 11 is 0. The van der Waals surface area contributed by atoms with Crippen LogP contribution in [-0.2, 0) is 0 Å². The van der Waals surface area contributed by atoms with Gasteiger partial charge in [0, 0.05) is 18.5 Å². The molecule has 2 aromatic carbocycles. The van der Waals surface area contributed by atoms with Gasteiger partial charge in [-0.15, -0.1) is 0 Å². The predicted octanol–water partition coefficient (Wildman–Crippen LogP) is 1.79. The highest BCUT2D eigenvalue weighted by molar-refractivity contribution is 6.03. The van der Waals surface area contributed by atoms with Gasteiger partial charge in [-0.2, -0.15) is 0 Å². The zero-order valence-corrected chi connectivity index (χ0v) is 10.5. The Morgan fingerprint density at radius 2 is 2.00 bits per heavy atom. The number of nitrogens with two attached hydrogens (primary N) is 1. The van der Waals surface area contributed by atoms with Crippen LogP contribution in [0.15, 0.2) is 48.6 Å². The van der Waals surface area contributed by atoms with Gasteiger partial charge in [-0.25, -0.2) is 0 Å². The molecule has 0 saturated heterocycles. The Morgan fingerprint density at radius 3 is 2.79 bits per heavy atom. The predicted molar refractivity (Wildman–Crippen MR) is 76.1 cm³/mol. The summed E-state index contributed by atoms with van der Waals surface area (Å²) in [5.41, 5.74) is 5.58. The average molecular weight is 256 g/mol. The normalized spacial score (nSPS) is 11.0. The maximum absolute atomic E-state index is 11.9. The molecule has 1 amide bonds. The van der Waals surface area contributed by atoms with Crippen LogP contribution < -0.4 is 11.1 Å². The lowest BCUT2D eigenvalue weighted by molar-refractivity contribution is 0.0955. The summed E-state index contributed by atoms with van der Waals surface area (Å²) in [4.78, 5) is 11.9. The number of carbonyl (C=O) groups is 1. The van der Waals surface area contributed by atoms with Crippen molar-refractivity contribution in [2.75, 3.05) is 13.1 Å². The number of aromatic hydroxyl groups is 1. The quantitative estimate of drug-likeness (QED) is 0.730. The van der Waals surface area contributed by atoms with Crippen LogP contribution in [0.4, 0.5) is 0 Å². The molecular weight excluding hydrogens is 240 g/mol. The number of hydrogen-bond donors (Lipinski definition) is 3. The third kappa shape index (κ3) is 2.92. The number of rotatable bonds is 4. The number of phenols is 1. The fraction of sp³-hybridized carbons (Fsp3) is 0.133. The van der Waals surface area contributed by atoms with Gasteiger partial charge in [-0.1, -0.05) is 42.5 Å². The van der Waals surface area contributed by atoms with E-state index in [1.807, 2.05) is 24.3 Å². The molecule has 4 nitrogen and oxygen atoms in total. The van der Waals surface area contributed by atoms with Crippen LogP contribution in [0.1, 0.15) is 10.4 Å². The Balaban J connectivity index is 2.23. The molecule has 98 valence electrons. The van der Waals surface area contributed by atoms with Crippen molar-refractivity contribution in [1.82, 2.24) is 5.32 Å². The van der Waals surface area contributed by atoms with Gasteiger partial charge in [-0.05, 0) is 11.5 Å². The van der Waals surface area contributed by atoms with Gasteiger partial charge >= 0.3 is 0 Å². The lowest BCUT2D eigenvalue weighted by Crippen LogP contribution is -2.23. The number of nitrogens with one attached hydrogen (secondary N) is 1. The Kier molecular flexibility index (Phi) is 4.15. The van der Waals surface area contributed by atoms with Crippen LogP contribution in [0.5, 0.6) is 5.75 Å². The third-order valence-corrected chi connectivity index (χ3v) is 2.83. The number of carbonyl (C=O) groups excluding carboxylic acids is 1. The molecule has 4 heteroatoms. The molecule has 19 heavy (non-hydrogen) atoms. The minimum absolute atomic E-state index is 0.0124. The van der Waals surface area contributed by atoms with Gasteiger partial charge in [-0.3, -0.25) is 4.79 Å². The number of fused-ring (bicyclic) bond motifs is 1. The molecule has 0 aromatic heterocycles. The molecule has 0 bridgehead atoms. The van der Waals surface area contributed by atoms with Crippen molar-refractivity contribution in [3.05, 3.63) is 54.1 Å². The Labute approximate surface area is 111 Å². The van der Waals surface area contributed by atoms with E-state index in [0.717, 1.165) is 5.39 Å². The van der Waals surface area contributed by atoms with Gasteiger partial charge < -0.3 is 16.2 Å². The first-order valence-electron chi connectivity index (χ1n) is 6.08. The molecule has 0 aliphatic carbocycles. The molecule has 0 atom stereocenters. The largest absolute Gasteiger partial charge is 0.506 e. The van der Waals surface area contributed by atoms with Crippen LogP contribution in [0.2, 0.25) is 0 Å². The molecule has 0 spiro atoms. The summed E-state index contributed by atoms with van der Waals surface area (Å²) < 4.78 is 0. The van der Waals surface area contributed by atoms with Crippen molar-refractivity contribution in [3.63, 3.8) is 0 Å². The first-order valence-corrected chi connectivity index (χ1v) is 6.08. The monoisotopic (exact) mass is 256 g/mol. The smallest absolute Gasteiger partial charge is 0.255 e. The second-order valence-corrected chi connectivity index (χ2v) is 4.10. The zero-order chi connectivity index (χ0) is 13.7. The summed E-state index contributed by atoms with van der Waals surface area (Å²) in [5.74, 6) is -0.289. The van der Waals surface area contributed by atoms with Crippen LogP contribution in [0.3, 0.4) is 0 Å². The lowest BCUT2D eigenvalue weighted by Gasteiger charge is -2.07. The van der Waals surface area contributed by atoms with Crippen molar-refractivity contribution in [2.45, 2.75) is 0 Å². The number of phenolic OH excluding ortho intramolecular Hbond substituents is 1. The van der Waals surface area contributed by atoms with Crippen molar-refractivity contribution >= 4 is 16.7 Å². The second-order valence-electron chi connectivity index (χ2n) is 4.10. The number of hydrogen-bond acceptors (Lipinski definition) is 3. The summed E-state index contributed by atoms with van der Waals surface area (Å²) in [6.07, 6.45) is 3.54. The molecule has 4 N–H and O–H groups in total. The Hall–Kier alpha value is -2.33. The standard InChI is InChI=1S/C15H16N2O2/c16-9-3-4-10-17-15(19)13-8-7-11-5-1-2-6-12(11)14(13)18/h1-8,18H,9-10,16H2,(H,17,19)/b4-3+. The molecule has 0 saturated carbocycles. The molecule has 2 rings (SSSR count). The van der Waals surface area contributed by atoms with Gasteiger partial charge in [0.1, 0.15) is 5.75 Å². The third-order valence-electron chi connectivity index (χ3n) is 2.83. The summed E-state index contributed by atoms with van der Waals surface area (Å²) in [6, 6.07) is 10.8. The maximum atomic E-state index is 11.9. The summed E-state index contributed by atoms with van der Waals surface area (Å²) in [5, 5.41) is 14.4. The van der Waals surface area contributed by atoms with Gasteiger partial charge in [0.15, 0.2) is 0 Å². The molecule has 0 unspecified atom stereocenters. The average Bonchev–Trinajstić information content (AvgIpc) is 2.44. The van der Waals surface area contributed by atoms with E-state index in [1.165, 1.54) is 0 Å². The van der Waals surface area contributed by atoms with E-state index < -0.39 is 0 Å². The fourth-order valence-corrected chi connectivity index (χ4v) is 1.86. The van der Waals surface area contributed by atoms with E-state index >= 15 is 0 Å². The van der Waals surface area contributed by atoms with Crippen molar-refractivity contribution < 1.29 is 9.90 Å². The van der Waals surface area contributed by atoms with Crippen LogP contribution in [0.25, 0.3) is 10.8 Å². The van der Waals surface area contributed by atoms with Crippen LogP contribution in [0, 0.1) is 0 Å². The van der Waals surface area contributed by atoms with Crippen molar-refractivity contribution in [2.24, 2.45) is 5.73 Å². The zero-order valence-electron chi connectivity index (χ0n) is 10.5. The fourth-order valence-electron chi connectivity index (χ4n) is 1.86. The van der Waals surface area contributed by atoms with E-state index in [1.54, 1.807) is 24.3 Å². The van der Waals surface area contributed by atoms with E-state index in [9.17, 15) is 9.90 Å². The minimum atomic E-state index is -0.301. The highest BCUT2D eigenvalue weighted by Crippen LogP contribution is 2.28. The van der Waals surface area contributed by atoms with Crippen molar-refractivity contribution in [1.29, 1.82) is 0 Å². The topological polar surface area (TPSA) is 75.3 Å². The van der Waals surface area contributed by atoms with Gasteiger partial charge in [0.05, 0.1) is 5.56 Å². The molecular formula is C15H16N2O2. The highest BCUT2D eigenvalue weighted by atomic mass is 16.3. The Morgan fingerprint density at radius 1 is 1.21 bits per heavy atom. The molecule has 0 aliphatic rings. The molecule has 0 heterocycles. The lowest BCUT2D eigenvalue weighted by atomic mass is 10.0. The minimum Gasteiger partial charge on any atom is -0.506 e. The van der Waals surface area contributed by atoms with E-state index in [-0.39, 0.29) is 17.2 Å². The number of amides is 1. The van der Waals surface area contributed by atoms with E-state index in [0.29, 0.717) is 18.5 Å². The molecule has 2 aromatic rings. The van der Waals surface area contributed by atoms with Crippen LogP contribution in [-0.4, -0.2) is 24.1 Å². The summed E-state index contributed by atoms with van der Waals surface area (Å²) in [7, 11) is 0. The molecule has 0 radical (unpaired) electrons. The SMILES string of the molecule is NC/C=C/CNC(=O)c1ccc2ccccc2c1O. The van der Waals surface area contributed by atoms with Crippen LogP contribution >= 0.6 is 0 Å². The van der Waals surface area contributed by atoms with Gasteiger partial charge in [0.25, 0.3) is 5.91 Å². The van der Waals surface area contributed by atoms with E-state index in [4.69, 9.17) is 5.73 Å². The molecule has 0 fully saturated rings. The highest BCUT2D eigenvalue weighted by Gasteiger charge is 2.12. The van der Waals surface area contributed by atoms with Gasteiger partial charge in [0.2, 0.25) is 0 Å². The maximum Gasteiger partial charge on any atom is 0.255 e. The number of benzene rings is 2. The van der Waals surface area contributed by atoms with E-state index in [2.05, 4.69) is 5.32 Å². The first-order chi connectivity index (χ1) is 9.24. The summed E-state index contributed by atoms with van der Waals surface area (Å²) in [6.45, 7) is 0.833. The Bertz CT molecular complexity index is 621. The van der Waals surface area contributed by atoms with Crippen molar-refractivity contribution in [3.8, 4) is 5.75 Å². The first kappa shape index (κ1) is 13.1. The second kappa shape index (κ2) is 6.02. The molecule has 0 aliphatic heterocycles.